The van der Waals surface area contributed by atoms with Gasteiger partial charge >= 0.3 is 0 Å². The van der Waals surface area contributed by atoms with E-state index in [0.29, 0.717) is 11.3 Å². The molecule has 1 fully saturated rings. The molecule has 1 aromatic rings. The number of benzene rings is 1. The van der Waals surface area contributed by atoms with Crippen LogP contribution < -0.4 is 5.32 Å². The zero-order valence-corrected chi connectivity index (χ0v) is 19.1. The van der Waals surface area contributed by atoms with Crippen LogP contribution in [0.4, 0.5) is 5.69 Å². The normalized spacial score (nSPS) is 15.2. The number of hydrogen-bond donors (Lipinski definition) is 2. The minimum atomic E-state index is 0.0158. The summed E-state index contributed by atoms with van der Waals surface area (Å²) in [6.07, 6.45) is 12.8. The van der Waals surface area contributed by atoms with E-state index in [1.54, 1.807) is 11.0 Å². The van der Waals surface area contributed by atoms with Gasteiger partial charge in [-0.1, -0.05) is 44.2 Å². The highest BCUT2D eigenvalue weighted by molar-refractivity contribution is 7.80. The molecule has 0 radical (unpaired) electrons. The molecule has 1 aromatic carbocycles. The van der Waals surface area contributed by atoms with Crippen LogP contribution in [0.5, 0.6) is 0 Å². The summed E-state index contributed by atoms with van der Waals surface area (Å²) < 4.78 is 0. The lowest BCUT2D eigenvalue weighted by Crippen LogP contribution is -2.45. The van der Waals surface area contributed by atoms with Crippen LogP contribution in [0.1, 0.15) is 36.5 Å². The minimum Gasteiger partial charge on any atom is -0.354 e. The number of nitrogens with one attached hydrogen (secondary N) is 1. The van der Waals surface area contributed by atoms with Crippen molar-refractivity contribution in [2.24, 2.45) is 4.99 Å². The van der Waals surface area contributed by atoms with Crippen LogP contribution >= 0.6 is 12.6 Å². The predicted molar refractivity (Wildman–Crippen MR) is 130 cm³/mol. The Bertz CT molecular complexity index is 794. The fourth-order valence-electron chi connectivity index (χ4n) is 3.12. The van der Waals surface area contributed by atoms with E-state index in [1.165, 1.54) is 0 Å². The summed E-state index contributed by atoms with van der Waals surface area (Å²) in [5.41, 5.74) is 1.36. The van der Waals surface area contributed by atoms with E-state index in [-0.39, 0.29) is 5.91 Å². The first-order valence-electron chi connectivity index (χ1n) is 10.6. The Morgan fingerprint density at radius 1 is 1.33 bits per heavy atom. The summed E-state index contributed by atoms with van der Waals surface area (Å²) >= 11 is 4.59. The highest BCUT2D eigenvalue weighted by Gasteiger charge is 2.15. The molecule has 0 unspecified atom stereocenters. The maximum absolute atomic E-state index is 12.8. The molecule has 1 aliphatic rings. The van der Waals surface area contributed by atoms with Crippen molar-refractivity contribution >= 4 is 30.1 Å². The van der Waals surface area contributed by atoms with E-state index in [4.69, 9.17) is 4.99 Å². The summed E-state index contributed by atoms with van der Waals surface area (Å²) in [5, 5.41) is 3.37. The van der Waals surface area contributed by atoms with E-state index in [0.717, 1.165) is 62.7 Å². The van der Waals surface area contributed by atoms with Gasteiger partial charge in [-0.05, 0) is 37.1 Å². The number of hydrogen-bond acceptors (Lipinski definition) is 4. The van der Waals surface area contributed by atoms with Crippen LogP contribution in [0.3, 0.4) is 0 Å². The Balaban J connectivity index is 2.29. The Kier molecular flexibility index (Phi) is 10.5. The largest absolute Gasteiger partial charge is 0.354 e. The van der Waals surface area contributed by atoms with Crippen molar-refractivity contribution in [2.45, 2.75) is 31.1 Å². The molecule has 0 saturated carbocycles. The van der Waals surface area contributed by atoms with E-state index < -0.39 is 0 Å². The third kappa shape index (κ3) is 7.50. The average Bonchev–Trinajstić information content (AvgIpc) is 2.77. The average molecular weight is 427 g/mol. The third-order valence-corrected chi connectivity index (χ3v) is 5.28. The van der Waals surface area contributed by atoms with E-state index >= 15 is 0 Å². The van der Waals surface area contributed by atoms with E-state index in [2.05, 4.69) is 42.4 Å². The Hall–Kier alpha value is -2.31. The monoisotopic (exact) mass is 426 g/mol. The molecule has 2 rings (SSSR count). The van der Waals surface area contributed by atoms with Gasteiger partial charge in [0.05, 0.1) is 5.69 Å². The zero-order chi connectivity index (χ0) is 21.8. The van der Waals surface area contributed by atoms with Crippen molar-refractivity contribution in [1.82, 2.24) is 15.1 Å². The summed E-state index contributed by atoms with van der Waals surface area (Å²) in [6, 6.07) is 5.53. The summed E-state index contributed by atoms with van der Waals surface area (Å²) in [5.74, 6) is 0.907. The molecule has 5 nitrogen and oxygen atoms in total. The lowest BCUT2D eigenvalue weighted by molar-refractivity contribution is 0.0793. The number of nitrogens with zero attached hydrogens (tertiary/aromatic N) is 3. The molecule has 1 saturated heterocycles. The van der Waals surface area contributed by atoms with Crippen LogP contribution in [-0.4, -0.2) is 61.3 Å². The highest BCUT2D eigenvalue weighted by atomic mass is 32.1. The van der Waals surface area contributed by atoms with Gasteiger partial charge in [0.15, 0.2) is 0 Å². The number of amidine groups is 1. The molecule has 1 amide bonds. The van der Waals surface area contributed by atoms with Gasteiger partial charge in [-0.25, -0.2) is 4.99 Å². The Labute approximate surface area is 186 Å². The molecule has 162 valence electrons. The second kappa shape index (κ2) is 13.1. The molecule has 6 heteroatoms. The van der Waals surface area contributed by atoms with Crippen LogP contribution in [0.2, 0.25) is 0 Å². The number of amides is 1. The smallest absolute Gasteiger partial charge is 0.253 e. The molecule has 1 N–H and O–H groups in total. The first-order valence-corrected chi connectivity index (χ1v) is 11.1. The number of allylic oxidation sites excluding steroid dienone is 4. The fraction of sp³-hybridized carbons (Fsp3) is 0.417. The van der Waals surface area contributed by atoms with Gasteiger partial charge in [-0.15, -0.1) is 12.6 Å². The standard InChI is InChI=1S/C24H34N4OS/c1-4-6-8-9-10-11-23(28-17-14-25-15-18-28)26-21-19-20(12-13-22(21)30)24(29)27(3)16-7-5-2/h4,6,8,10-13,19,25,30H,1,5,7,9,14-18H2,2-3H3/b8-6-,11-10+,26-23?. The molecule has 1 aliphatic heterocycles. The molecule has 30 heavy (non-hydrogen) atoms. The number of piperazine rings is 1. The van der Waals surface area contributed by atoms with Crippen molar-refractivity contribution in [2.75, 3.05) is 39.8 Å². The van der Waals surface area contributed by atoms with Gasteiger partial charge in [0, 0.05) is 50.2 Å². The fourth-order valence-corrected chi connectivity index (χ4v) is 3.31. The van der Waals surface area contributed by atoms with Crippen molar-refractivity contribution in [1.29, 1.82) is 0 Å². The Morgan fingerprint density at radius 3 is 2.80 bits per heavy atom. The van der Waals surface area contributed by atoms with Crippen molar-refractivity contribution in [3.8, 4) is 0 Å². The number of aliphatic imine (C=N–C) groups is 1. The molecule has 0 atom stereocenters. The van der Waals surface area contributed by atoms with Crippen LogP contribution in [0.25, 0.3) is 0 Å². The van der Waals surface area contributed by atoms with E-state index in [1.807, 2.05) is 43.5 Å². The van der Waals surface area contributed by atoms with Gasteiger partial charge < -0.3 is 15.1 Å². The SMILES string of the molecule is C=C/C=C\C/C=C/C(=Nc1cc(C(=O)N(C)CCCC)ccc1S)N1CCNCC1. The Morgan fingerprint density at radius 2 is 2.10 bits per heavy atom. The number of thiol groups is 1. The van der Waals surface area contributed by atoms with Gasteiger partial charge in [0.25, 0.3) is 5.91 Å². The van der Waals surface area contributed by atoms with Crippen molar-refractivity contribution < 1.29 is 4.79 Å². The third-order valence-electron chi connectivity index (χ3n) is 4.90. The first kappa shape index (κ1) is 24.0. The second-order valence-electron chi connectivity index (χ2n) is 7.29. The van der Waals surface area contributed by atoms with Crippen LogP contribution in [0.15, 0.2) is 65.0 Å². The molecule has 0 spiro atoms. The van der Waals surface area contributed by atoms with Crippen molar-refractivity contribution in [3.63, 3.8) is 0 Å². The quantitative estimate of drug-likeness (QED) is 0.265. The first-order chi connectivity index (χ1) is 14.6. The predicted octanol–water partition coefficient (Wildman–Crippen LogP) is 4.47. The molecule has 1 heterocycles. The number of unbranched alkanes of at least 4 members (excludes halogenated alkanes) is 1. The minimum absolute atomic E-state index is 0.0158. The molecule has 0 aliphatic carbocycles. The second-order valence-corrected chi connectivity index (χ2v) is 7.77. The summed E-state index contributed by atoms with van der Waals surface area (Å²) in [4.78, 5) is 22.5. The van der Waals surface area contributed by atoms with Crippen LogP contribution in [0, 0.1) is 0 Å². The number of carbonyl (C=O) groups is 1. The number of carbonyl (C=O) groups excluding carboxylic acids is 1. The number of rotatable bonds is 9. The molecule has 0 bridgehead atoms. The van der Waals surface area contributed by atoms with Gasteiger partial charge in [0.1, 0.15) is 5.84 Å². The highest BCUT2D eigenvalue weighted by Crippen LogP contribution is 2.26. The van der Waals surface area contributed by atoms with Gasteiger partial charge in [-0.2, -0.15) is 0 Å². The van der Waals surface area contributed by atoms with Crippen molar-refractivity contribution in [3.05, 3.63) is 60.7 Å². The van der Waals surface area contributed by atoms with Gasteiger partial charge in [0.2, 0.25) is 0 Å². The molecular formula is C24H34N4OS. The lowest BCUT2D eigenvalue weighted by atomic mass is 10.1. The maximum Gasteiger partial charge on any atom is 0.253 e. The molecular weight excluding hydrogens is 392 g/mol. The summed E-state index contributed by atoms with van der Waals surface area (Å²) in [7, 11) is 1.85. The van der Waals surface area contributed by atoms with Gasteiger partial charge in [-0.3, -0.25) is 4.79 Å². The van der Waals surface area contributed by atoms with Crippen LogP contribution in [-0.2, 0) is 0 Å². The lowest BCUT2D eigenvalue weighted by Gasteiger charge is -2.29. The topological polar surface area (TPSA) is 47.9 Å². The van der Waals surface area contributed by atoms with E-state index in [9.17, 15) is 4.79 Å². The zero-order valence-electron chi connectivity index (χ0n) is 18.2. The maximum atomic E-state index is 12.8. The summed E-state index contributed by atoms with van der Waals surface area (Å²) in [6.45, 7) is 10.2. The molecule has 0 aromatic heterocycles.